The van der Waals surface area contributed by atoms with Crippen LogP contribution in [0.4, 0.5) is 0 Å². The zero-order valence-corrected chi connectivity index (χ0v) is 14.3. The van der Waals surface area contributed by atoms with Crippen molar-refractivity contribution in [2.24, 2.45) is 5.16 Å². The maximum atomic E-state index is 5.73. The zero-order valence-electron chi connectivity index (χ0n) is 13.5. The summed E-state index contributed by atoms with van der Waals surface area (Å²) in [6.07, 6.45) is 3.32. The number of oxazole rings is 1. The summed E-state index contributed by atoms with van der Waals surface area (Å²) in [5.74, 6) is 1.38. The number of rotatable bonds is 7. The molecule has 5 nitrogen and oxygen atoms in total. The lowest BCUT2D eigenvalue weighted by atomic mass is 10.2. The van der Waals surface area contributed by atoms with Gasteiger partial charge in [0.05, 0.1) is 17.2 Å². The second-order valence-corrected chi connectivity index (χ2v) is 6.28. The molecule has 0 N–H and O–H groups in total. The SMILES string of the molecule is CC(C)Oc1ccccc1C=NOCc1coc(-c2cccs2)n1. The highest BCUT2D eigenvalue weighted by Crippen LogP contribution is 2.23. The molecule has 0 fully saturated rings. The lowest BCUT2D eigenvalue weighted by molar-refractivity contribution is 0.129. The van der Waals surface area contributed by atoms with E-state index in [1.165, 1.54) is 0 Å². The predicted molar refractivity (Wildman–Crippen MR) is 94.4 cm³/mol. The van der Waals surface area contributed by atoms with Gasteiger partial charge in [0.1, 0.15) is 17.7 Å². The minimum Gasteiger partial charge on any atom is -0.490 e. The van der Waals surface area contributed by atoms with Gasteiger partial charge in [0, 0.05) is 5.56 Å². The molecular formula is C18H18N2O3S. The minimum atomic E-state index is 0.103. The summed E-state index contributed by atoms with van der Waals surface area (Å²) in [5.41, 5.74) is 1.56. The van der Waals surface area contributed by atoms with Crippen LogP contribution in [-0.4, -0.2) is 17.3 Å². The Hall–Kier alpha value is -2.60. The first-order valence-corrected chi connectivity index (χ1v) is 8.49. The van der Waals surface area contributed by atoms with Crippen LogP contribution >= 0.6 is 11.3 Å². The summed E-state index contributed by atoms with van der Waals surface area (Å²) in [5, 5.41) is 5.98. The van der Waals surface area contributed by atoms with Gasteiger partial charge in [0.15, 0.2) is 6.61 Å². The lowest BCUT2D eigenvalue weighted by Crippen LogP contribution is -2.07. The van der Waals surface area contributed by atoms with Gasteiger partial charge in [-0.05, 0) is 37.4 Å². The van der Waals surface area contributed by atoms with E-state index in [0.29, 0.717) is 11.6 Å². The van der Waals surface area contributed by atoms with Crippen LogP contribution in [-0.2, 0) is 11.4 Å². The molecule has 0 aliphatic carbocycles. The van der Waals surface area contributed by atoms with Crippen molar-refractivity contribution >= 4 is 17.6 Å². The van der Waals surface area contributed by atoms with Crippen molar-refractivity contribution in [1.82, 2.24) is 4.98 Å². The number of hydrogen-bond donors (Lipinski definition) is 0. The van der Waals surface area contributed by atoms with E-state index in [1.54, 1.807) is 23.8 Å². The van der Waals surface area contributed by atoms with Crippen LogP contribution < -0.4 is 4.74 Å². The third-order valence-electron chi connectivity index (χ3n) is 3.04. The molecule has 2 heterocycles. The first kappa shape index (κ1) is 16.3. The molecule has 3 aromatic rings. The fraction of sp³-hybridized carbons (Fsp3) is 0.222. The quantitative estimate of drug-likeness (QED) is 0.459. The van der Waals surface area contributed by atoms with E-state index in [9.17, 15) is 0 Å². The molecule has 0 radical (unpaired) electrons. The fourth-order valence-corrected chi connectivity index (χ4v) is 2.69. The molecule has 2 aromatic heterocycles. The highest BCUT2D eigenvalue weighted by Gasteiger charge is 2.07. The molecule has 1 aromatic carbocycles. The standard InChI is InChI=1S/C18H18N2O3S/c1-13(2)23-16-7-4-3-6-14(16)10-19-22-12-15-11-21-18(20-15)17-8-5-9-24-17/h3-11,13H,12H2,1-2H3. The highest BCUT2D eigenvalue weighted by atomic mass is 32.1. The number of para-hydroxylation sites is 1. The molecule has 0 aliphatic heterocycles. The van der Waals surface area contributed by atoms with Gasteiger partial charge < -0.3 is 14.0 Å². The number of thiophene rings is 1. The smallest absolute Gasteiger partial charge is 0.236 e. The molecule has 0 bridgehead atoms. The minimum absolute atomic E-state index is 0.103. The molecule has 0 saturated carbocycles. The van der Waals surface area contributed by atoms with Crippen molar-refractivity contribution in [2.45, 2.75) is 26.6 Å². The Balaban J connectivity index is 1.58. The van der Waals surface area contributed by atoms with E-state index >= 15 is 0 Å². The average molecular weight is 342 g/mol. The predicted octanol–water partition coefficient (Wildman–Crippen LogP) is 4.74. The zero-order chi connectivity index (χ0) is 16.8. The lowest BCUT2D eigenvalue weighted by Gasteiger charge is -2.11. The van der Waals surface area contributed by atoms with Crippen molar-refractivity contribution in [3.8, 4) is 16.5 Å². The molecule has 0 amide bonds. The van der Waals surface area contributed by atoms with Gasteiger partial charge in [-0.15, -0.1) is 11.3 Å². The normalized spacial score (nSPS) is 11.3. The van der Waals surface area contributed by atoms with E-state index in [4.69, 9.17) is 14.0 Å². The third kappa shape index (κ3) is 4.23. The van der Waals surface area contributed by atoms with Gasteiger partial charge in [-0.25, -0.2) is 4.98 Å². The first-order valence-electron chi connectivity index (χ1n) is 7.61. The molecule has 6 heteroatoms. The van der Waals surface area contributed by atoms with Gasteiger partial charge in [-0.3, -0.25) is 0 Å². The Bertz CT molecular complexity index is 794. The first-order chi connectivity index (χ1) is 11.7. The summed E-state index contributed by atoms with van der Waals surface area (Å²) in [6, 6.07) is 11.6. The number of aromatic nitrogens is 1. The van der Waals surface area contributed by atoms with Crippen molar-refractivity contribution in [1.29, 1.82) is 0 Å². The number of hydrogen-bond acceptors (Lipinski definition) is 6. The van der Waals surface area contributed by atoms with Crippen molar-refractivity contribution in [3.63, 3.8) is 0 Å². The third-order valence-corrected chi connectivity index (χ3v) is 3.90. The van der Waals surface area contributed by atoms with Crippen LogP contribution in [0.25, 0.3) is 10.8 Å². The highest BCUT2D eigenvalue weighted by molar-refractivity contribution is 7.13. The van der Waals surface area contributed by atoms with Gasteiger partial charge in [0.2, 0.25) is 5.89 Å². The van der Waals surface area contributed by atoms with Gasteiger partial charge in [0.25, 0.3) is 0 Å². The maximum absolute atomic E-state index is 5.73. The molecule has 0 unspecified atom stereocenters. The van der Waals surface area contributed by atoms with E-state index in [0.717, 1.165) is 16.2 Å². The largest absolute Gasteiger partial charge is 0.490 e. The number of ether oxygens (including phenoxy) is 1. The van der Waals surface area contributed by atoms with Gasteiger partial charge >= 0.3 is 0 Å². The van der Waals surface area contributed by atoms with Crippen molar-refractivity contribution in [3.05, 3.63) is 59.3 Å². The van der Waals surface area contributed by atoms with Crippen molar-refractivity contribution < 1.29 is 14.0 Å². The number of nitrogens with zero attached hydrogens (tertiary/aromatic N) is 2. The van der Waals surface area contributed by atoms with E-state index in [2.05, 4.69) is 10.1 Å². The topological polar surface area (TPSA) is 56.9 Å². The number of oxime groups is 1. The summed E-state index contributed by atoms with van der Waals surface area (Å²) >= 11 is 1.58. The Morgan fingerprint density at radius 1 is 1.25 bits per heavy atom. The Morgan fingerprint density at radius 3 is 2.92 bits per heavy atom. The maximum Gasteiger partial charge on any atom is 0.236 e. The molecule has 24 heavy (non-hydrogen) atoms. The van der Waals surface area contributed by atoms with Crippen LogP contribution in [0.1, 0.15) is 25.1 Å². The van der Waals surface area contributed by atoms with Crippen LogP contribution in [0.2, 0.25) is 0 Å². The average Bonchev–Trinajstić information content (AvgIpc) is 3.23. The van der Waals surface area contributed by atoms with E-state index in [1.807, 2.05) is 55.6 Å². The molecule has 0 atom stereocenters. The van der Waals surface area contributed by atoms with Crippen LogP contribution in [0.5, 0.6) is 5.75 Å². The summed E-state index contributed by atoms with van der Waals surface area (Å²) < 4.78 is 11.2. The molecule has 0 spiro atoms. The van der Waals surface area contributed by atoms with Crippen LogP contribution in [0.15, 0.2) is 57.6 Å². The van der Waals surface area contributed by atoms with Gasteiger partial charge in [-0.2, -0.15) is 0 Å². The monoisotopic (exact) mass is 342 g/mol. The number of benzene rings is 1. The molecule has 3 rings (SSSR count). The Labute approximate surface area is 144 Å². The Morgan fingerprint density at radius 2 is 2.12 bits per heavy atom. The summed E-state index contributed by atoms with van der Waals surface area (Å²) in [6.45, 7) is 4.22. The second kappa shape index (κ2) is 7.79. The van der Waals surface area contributed by atoms with Crippen molar-refractivity contribution in [2.75, 3.05) is 0 Å². The summed E-state index contributed by atoms with van der Waals surface area (Å²) in [4.78, 5) is 10.7. The Kier molecular flexibility index (Phi) is 5.28. The van der Waals surface area contributed by atoms with Crippen LogP contribution in [0.3, 0.4) is 0 Å². The molecular weight excluding hydrogens is 324 g/mol. The van der Waals surface area contributed by atoms with Gasteiger partial charge in [-0.1, -0.05) is 23.4 Å². The summed E-state index contributed by atoms with van der Waals surface area (Å²) in [7, 11) is 0. The molecule has 0 saturated heterocycles. The molecule has 0 aliphatic rings. The van der Waals surface area contributed by atoms with Crippen LogP contribution in [0, 0.1) is 0 Å². The second-order valence-electron chi connectivity index (χ2n) is 5.33. The van der Waals surface area contributed by atoms with E-state index < -0.39 is 0 Å². The molecule has 124 valence electrons. The fourth-order valence-electron chi connectivity index (χ4n) is 2.03. The van der Waals surface area contributed by atoms with E-state index in [-0.39, 0.29) is 12.7 Å².